The second-order valence-corrected chi connectivity index (χ2v) is 11.7. The van der Waals surface area contributed by atoms with E-state index in [4.69, 9.17) is 3.63 Å². The molecule has 0 N–H and O–H groups in total. The summed E-state index contributed by atoms with van der Waals surface area (Å²) >= 11 is 0. The fraction of sp³-hybridized carbons (Fsp3) is 0.182. The van der Waals surface area contributed by atoms with Gasteiger partial charge in [-0.25, -0.2) is 3.63 Å². The lowest BCUT2D eigenvalue weighted by molar-refractivity contribution is -0.382. The first-order chi connectivity index (χ1) is 16.5. The van der Waals surface area contributed by atoms with E-state index in [2.05, 4.69) is 0 Å². The summed E-state index contributed by atoms with van der Waals surface area (Å²) in [6.07, 6.45) is -7.20. The van der Waals surface area contributed by atoms with E-state index in [-0.39, 0.29) is 14.7 Å². The molecule has 0 aliphatic heterocycles. The summed E-state index contributed by atoms with van der Waals surface area (Å²) in [5, 5.41) is -7.00. The molecule has 0 aromatic heterocycles. The van der Waals surface area contributed by atoms with Crippen molar-refractivity contribution in [2.75, 3.05) is 0 Å². The minimum atomic E-state index is -7.42. The summed E-state index contributed by atoms with van der Waals surface area (Å²) in [6, 6.07) is 19.7. The zero-order valence-corrected chi connectivity index (χ0v) is 19.2. The predicted octanol–water partition coefficient (Wildman–Crippen LogP) is 7.66. The Kier molecular flexibility index (Phi) is 7.20. The molecule has 0 aliphatic carbocycles. The maximum Gasteiger partial charge on any atom is 0.460 e. The zero-order chi connectivity index (χ0) is 27.0. The van der Waals surface area contributed by atoms with Crippen molar-refractivity contribution in [2.45, 2.75) is 38.0 Å². The van der Waals surface area contributed by atoms with Crippen molar-refractivity contribution in [1.82, 2.24) is 0 Å². The molecule has 0 atom stereocenters. The monoisotopic (exact) mass is 562 g/mol. The first-order valence-electron chi connectivity index (χ1n) is 9.67. The molecule has 3 aromatic carbocycles. The molecule has 0 heterocycles. The van der Waals surface area contributed by atoms with E-state index < -0.39 is 43.7 Å². The highest BCUT2D eigenvalue weighted by Gasteiger charge is 2.86. The van der Waals surface area contributed by atoms with E-state index in [9.17, 15) is 47.9 Å². The van der Waals surface area contributed by atoms with Gasteiger partial charge >= 0.3 is 33.4 Å². The van der Waals surface area contributed by atoms with Gasteiger partial charge in [0.1, 0.15) is 0 Å². The number of benzene rings is 3. The first-order valence-corrected chi connectivity index (χ1v) is 12.6. The molecule has 0 aliphatic rings. The van der Waals surface area contributed by atoms with Crippen LogP contribution < -0.4 is 0 Å². The quantitative estimate of drug-likeness (QED) is 0.265. The van der Waals surface area contributed by atoms with E-state index >= 15 is 0 Å². The van der Waals surface area contributed by atoms with Gasteiger partial charge < -0.3 is 0 Å². The molecule has 0 saturated carbocycles. The predicted molar refractivity (Wildman–Crippen MR) is 113 cm³/mol. The molecule has 0 unspecified atom stereocenters. The van der Waals surface area contributed by atoms with E-state index in [1.54, 1.807) is 0 Å². The second kappa shape index (κ2) is 9.30. The molecule has 0 radical (unpaired) electrons. The van der Waals surface area contributed by atoms with Gasteiger partial charge in [0.15, 0.2) is 0 Å². The molecule has 0 spiro atoms. The highest BCUT2D eigenvalue weighted by atomic mass is 32.3. The molecule has 0 amide bonds. The van der Waals surface area contributed by atoms with Crippen LogP contribution in [0.2, 0.25) is 0 Å². The van der Waals surface area contributed by atoms with E-state index in [1.807, 2.05) is 0 Å². The SMILES string of the molecule is O=S(=O)(OS(c1ccccc1)(c1ccccc1)c1ccccc1)C(F)(F)C(F)(F)C(F)(F)C(F)(F)F. The highest BCUT2D eigenvalue weighted by molar-refractivity contribution is 8.33. The minimum absolute atomic E-state index is 0.146. The Morgan fingerprint density at radius 2 is 0.806 bits per heavy atom. The van der Waals surface area contributed by atoms with Crippen LogP contribution >= 0.6 is 10.3 Å². The Morgan fingerprint density at radius 1 is 0.500 bits per heavy atom. The number of alkyl halides is 9. The summed E-state index contributed by atoms with van der Waals surface area (Å²) < 4.78 is 152. The number of hydrogen-bond acceptors (Lipinski definition) is 3. The first kappa shape index (κ1) is 27.9. The summed E-state index contributed by atoms with van der Waals surface area (Å²) in [6.45, 7) is 0. The van der Waals surface area contributed by atoms with Crippen LogP contribution in [0.3, 0.4) is 0 Å². The normalized spacial score (nSPS) is 14.5. The Hall–Kier alpha value is -2.71. The van der Waals surface area contributed by atoms with E-state index in [0.29, 0.717) is 0 Å². The van der Waals surface area contributed by atoms with Gasteiger partial charge in [-0.15, -0.1) is 0 Å². The summed E-state index contributed by atoms with van der Waals surface area (Å²) in [5.41, 5.74) is 0. The van der Waals surface area contributed by atoms with Crippen LogP contribution in [0.4, 0.5) is 39.5 Å². The average molecular weight is 562 g/mol. The number of halogens is 9. The van der Waals surface area contributed by atoms with Crippen molar-refractivity contribution < 1.29 is 51.6 Å². The maximum atomic E-state index is 14.7. The Morgan fingerprint density at radius 3 is 1.08 bits per heavy atom. The van der Waals surface area contributed by atoms with Gasteiger partial charge in [-0.3, -0.25) is 0 Å². The molecular formula is C22H15F9O3S2. The Bertz CT molecular complexity index is 1190. The molecule has 14 heteroatoms. The smallest absolute Gasteiger partial charge is 0.202 e. The van der Waals surface area contributed by atoms with Crippen LogP contribution in [-0.4, -0.2) is 31.7 Å². The van der Waals surface area contributed by atoms with Gasteiger partial charge in [-0.1, -0.05) is 54.6 Å². The van der Waals surface area contributed by atoms with Crippen LogP contribution in [0.5, 0.6) is 0 Å². The average Bonchev–Trinajstić information content (AvgIpc) is 2.83. The van der Waals surface area contributed by atoms with Crippen molar-refractivity contribution >= 4 is 20.4 Å². The Balaban J connectivity index is 2.33. The topological polar surface area (TPSA) is 43.4 Å². The lowest BCUT2D eigenvalue weighted by atomic mass is 10.1. The molecule has 3 aromatic rings. The molecule has 36 heavy (non-hydrogen) atoms. The van der Waals surface area contributed by atoms with Crippen LogP contribution in [0, 0.1) is 0 Å². The fourth-order valence-electron chi connectivity index (χ4n) is 3.06. The van der Waals surface area contributed by atoms with Gasteiger partial charge in [0, 0.05) is 14.7 Å². The number of rotatable bonds is 8. The largest absolute Gasteiger partial charge is 0.460 e. The van der Waals surface area contributed by atoms with Crippen molar-refractivity contribution in [3.8, 4) is 0 Å². The second-order valence-electron chi connectivity index (χ2n) is 7.18. The van der Waals surface area contributed by atoms with Gasteiger partial charge in [0.2, 0.25) is 0 Å². The van der Waals surface area contributed by atoms with Crippen molar-refractivity contribution in [1.29, 1.82) is 0 Å². The Labute approximate surface area is 201 Å². The molecule has 196 valence electrons. The lowest BCUT2D eigenvalue weighted by Gasteiger charge is -2.41. The van der Waals surface area contributed by atoms with E-state index in [1.165, 1.54) is 91.0 Å². The fourth-order valence-corrected chi connectivity index (χ4v) is 8.30. The summed E-state index contributed by atoms with van der Waals surface area (Å²) in [4.78, 5) is -0.437. The van der Waals surface area contributed by atoms with Crippen molar-refractivity contribution in [3.63, 3.8) is 0 Å². The lowest BCUT2D eigenvalue weighted by Crippen LogP contribution is -2.63. The van der Waals surface area contributed by atoms with Gasteiger partial charge in [0.05, 0.1) is 0 Å². The highest BCUT2D eigenvalue weighted by Crippen LogP contribution is 2.71. The van der Waals surface area contributed by atoms with Crippen LogP contribution in [0.1, 0.15) is 0 Å². The third-order valence-corrected chi connectivity index (χ3v) is 10.1. The molecule has 0 fully saturated rings. The third-order valence-electron chi connectivity index (χ3n) is 4.85. The minimum Gasteiger partial charge on any atom is -0.202 e. The maximum absolute atomic E-state index is 14.7. The molecule has 0 bridgehead atoms. The van der Waals surface area contributed by atoms with Crippen molar-refractivity contribution in [3.05, 3.63) is 91.0 Å². The zero-order valence-electron chi connectivity index (χ0n) is 17.6. The molecule has 0 saturated heterocycles. The van der Waals surface area contributed by atoms with Crippen LogP contribution in [0.25, 0.3) is 0 Å². The van der Waals surface area contributed by atoms with E-state index in [0.717, 1.165) is 0 Å². The molecular weight excluding hydrogens is 547 g/mol. The van der Waals surface area contributed by atoms with Gasteiger partial charge in [-0.2, -0.15) is 47.9 Å². The van der Waals surface area contributed by atoms with Crippen molar-refractivity contribution in [2.24, 2.45) is 0 Å². The third kappa shape index (κ3) is 4.34. The standard InChI is InChI=1S/C22H15F9O3S2/c23-19(24,21(27,28)29)20(25,26)22(30,31)36(32,33)34-35(16-10-4-1-5-11-16,17-12-6-2-7-13-17)18-14-8-3-9-15-18/h1-15H. The molecule has 3 nitrogen and oxygen atoms in total. The number of hydrogen-bond donors (Lipinski definition) is 0. The molecule has 3 rings (SSSR count). The van der Waals surface area contributed by atoms with Gasteiger partial charge in [-0.05, 0) is 46.7 Å². The van der Waals surface area contributed by atoms with Crippen LogP contribution in [-0.2, 0) is 13.7 Å². The summed E-state index contributed by atoms with van der Waals surface area (Å²) in [5.74, 6) is -14.8. The van der Waals surface area contributed by atoms with Gasteiger partial charge in [0.25, 0.3) is 0 Å². The van der Waals surface area contributed by atoms with Crippen LogP contribution in [0.15, 0.2) is 106 Å². The summed E-state index contributed by atoms with van der Waals surface area (Å²) in [7, 11) is -11.1.